The number of fused-ring (bicyclic) bond motifs is 1. The third-order valence-corrected chi connectivity index (χ3v) is 4.87. The Balaban J connectivity index is 0.000000396. The lowest BCUT2D eigenvalue weighted by atomic mass is 10.0. The summed E-state index contributed by atoms with van der Waals surface area (Å²) in [5, 5.41) is 7.12. The molecule has 2 fully saturated rings. The monoisotopic (exact) mass is 432 g/mol. The topological polar surface area (TPSA) is 79.3 Å². The zero-order chi connectivity index (χ0) is 22.3. The number of amides is 1. The maximum absolute atomic E-state index is 12.8. The van der Waals surface area contributed by atoms with Crippen molar-refractivity contribution in [1.29, 1.82) is 0 Å². The first-order chi connectivity index (χ1) is 14.1. The summed E-state index contributed by atoms with van der Waals surface area (Å²) in [6.07, 6.45) is -3.09. The first-order valence-electron chi connectivity index (χ1n) is 9.65. The van der Waals surface area contributed by atoms with Crippen molar-refractivity contribution >= 4 is 11.9 Å². The molecule has 0 unspecified atom stereocenters. The summed E-state index contributed by atoms with van der Waals surface area (Å²) in [7, 11) is 4.06. The molecule has 1 aromatic carbocycles. The number of carboxylic acid groups (broad SMARTS) is 1. The Morgan fingerprint density at radius 3 is 2.47 bits per heavy atom. The van der Waals surface area contributed by atoms with Gasteiger partial charge in [0.2, 0.25) is 0 Å². The van der Waals surface area contributed by atoms with Crippen LogP contribution in [0.15, 0.2) is 30.3 Å². The van der Waals surface area contributed by atoms with Gasteiger partial charge in [-0.05, 0) is 39.1 Å². The second-order valence-corrected chi connectivity index (χ2v) is 7.38. The number of carbonyl (C=O) groups is 2. The molecule has 2 saturated heterocycles. The zero-order valence-corrected chi connectivity index (χ0v) is 17.0. The molecule has 1 aromatic rings. The highest BCUT2D eigenvalue weighted by molar-refractivity contribution is 5.94. The molecule has 2 aliphatic rings. The lowest BCUT2D eigenvalue weighted by Gasteiger charge is -2.32. The van der Waals surface area contributed by atoms with Crippen LogP contribution in [0, 0.1) is 0 Å². The molecule has 10 heteroatoms. The molecule has 3 rings (SSSR count). The van der Waals surface area contributed by atoms with Crippen LogP contribution in [0.2, 0.25) is 0 Å². The summed E-state index contributed by atoms with van der Waals surface area (Å²) >= 11 is 0. The molecule has 30 heavy (non-hydrogen) atoms. The summed E-state index contributed by atoms with van der Waals surface area (Å²) in [6.45, 7) is 2.93. The number of alkyl halides is 3. The van der Waals surface area contributed by atoms with Crippen molar-refractivity contribution in [2.45, 2.75) is 37.3 Å². The third-order valence-electron chi connectivity index (χ3n) is 4.87. The van der Waals surface area contributed by atoms with E-state index < -0.39 is 12.1 Å². The summed E-state index contributed by atoms with van der Waals surface area (Å²) in [5.41, 5.74) is 0.741. The minimum atomic E-state index is -5.08. The van der Waals surface area contributed by atoms with Crippen molar-refractivity contribution < 1.29 is 37.3 Å². The average Bonchev–Trinajstić information content (AvgIpc) is 3.06. The zero-order valence-electron chi connectivity index (χ0n) is 17.0. The van der Waals surface area contributed by atoms with Gasteiger partial charge in [-0.15, -0.1) is 0 Å². The van der Waals surface area contributed by atoms with E-state index >= 15 is 0 Å². The quantitative estimate of drug-likeness (QED) is 0.769. The molecule has 7 nitrogen and oxygen atoms in total. The van der Waals surface area contributed by atoms with Gasteiger partial charge in [0.15, 0.2) is 0 Å². The van der Waals surface area contributed by atoms with Gasteiger partial charge in [0.1, 0.15) is 12.2 Å². The molecule has 0 saturated carbocycles. The second kappa shape index (κ2) is 10.7. The number of hydrogen-bond donors (Lipinski definition) is 1. The number of ether oxygens (including phenoxy) is 2. The number of aliphatic carboxylic acids is 1. The number of carboxylic acids is 1. The van der Waals surface area contributed by atoms with Crippen molar-refractivity contribution in [3.8, 4) is 0 Å². The van der Waals surface area contributed by atoms with Crippen LogP contribution in [-0.4, -0.2) is 91.6 Å². The fourth-order valence-corrected chi connectivity index (χ4v) is 3.42. The maximum atomic E-state index is 12.8. The van der Waals surface area contributed by atoms with Crippen LogP contribution >= 0.6 is 0 Å². The van der Waals surface area contributed by atoms with E-state index in [0.717, 1.165) is 31.6 Å². The molecule has 0 bridgehead atoms. The van der Waals surface area contributed by atoms with Gasteiger partial charge in [0.25, 0.3) is 5.91 Å². The molecule has 2 aliphatic heterocycles. The summed E-state index contributed by atoms with van der Waals surface area (Å²) < 4.78 is 43.7. The molecule has 1 N–H and O–H groups in total. The molecule has 0 aliphatic carbocycles. The van der Waals surface area contributed by atoms with Gasteiger partial charge >= 0.3 is 12.1 Å². The standard InChI is InChI=1S/C18H26N2O3.C2HF3O2/c1-19(2)10-12-22-16-13-20(15-9-6-11-23-17(15)16)18(21)14-7-4-3-5-8-14;3-2(4,5)1(6)7/h3-5,7-8,15-17H,6,9-13H2,1-2H3;(H,6,7)/t15-,16+,17+;/m1./s1. The van der Waals surface area contributed by atoms with Crippen molar-refractivity contribution in [2.75, 3.05) is 40.4 Å². The lowest BCUT2D eigenvalue weighted by Crippen LogP contribution is -2.44. The maximum Gasteiger partial charge on any atom is 0.490 e. The van der Waals surface area contributed by atoms with Crippen LogP contribution < -0.4 is 0 Å². The number of likely N-dealkylation sites (N-methyl/N-ethyl adjacent to an activating group) is 1. The Morgan fingerprint density at radius 2 is 1.90 bits per heavy atom. The predicted molar refractivity (Wildman–Crippen MR) is 102 cm³/mol. The number of rotatable bonds is 5. The molecular weight excluding hydrogens is 405 g/mol. The minimum absolute atomic E-state index is 0.0126. The minimum Gasteiger partial charge on any atom is -0.475 e. The lowest BCUT2D eigenvalue weighted by molar-refractivity contribution is -0.192. The number of likely N-dealkylation sites (tertiary alicyclic amines) is 1. The van der Waals surface area contributed by atoms with E-state index in [2.05, 4.69) is 4.90 Å². The summed E-state index contributed by atoms with van der Waals surface area (Å²) in [5.74, 6) is -2.67. The first kappa shape index (κ1) is 24.1. The van der Waals surface area contributed by atoms with Crippen LogP contribution in [0.1, 0.15) is 23.2 Å². The van der Waals surface area contributed by atoms with E-state index in [0.29, 0.717) is 13.2 Å². The van der Waals surface area contributed by atoms with Gasteiger partial charge in [-0.2, -0.15) is 13.2 Å². The molecule has 1 amide bonds. The fourth-order valence-electron chi connectivity index (χ4n) is 3.42. The van der Waals surface area contributed by atoms with Gasteiger partial charge in [0.05, 0.1) is 19.2 Å². The molecule has 3 atom stereocenters. The van der Waals surface area contributed by atoms with Gasteiger partial charge in [0, 0.05) is 18.7 Å². The van der Waals surface area contributed by atoms with E-state index in [1.807, 2.05) is 49.3 Å². The SMILES string of the molecule is CN(C)CCO[C@H]1CN(C(=O)c2ccccc2)[C@@H]2CCCO[C@H]12.O=C(O)C(F)(F)F. The number of nitrogens with zero attached hydrogens (tertiary/aromatic N) is 2. The second-order valence-electron chi connectivity index (χ2n) is 7.38. The smallest absolute Gasteiger partial charge is 0.475 e. The molecule has 168 valence electrons. The van der Waals surface area contributed by atoms with Crippen LogP contribution in [0.25, 0.3) is 0 Å². The Morgan fingerprint density at radius 1 is 1.27 bits per heavy atom. The van der Waals surface area contributed by atoms with E-state index in [9.17, 15) is 18.0 Å². The van der Waals surface area contributed by atoms with Gasteiger partial charge in [-0.1, -0.05) is 18.2 Å². The highest BCUT2D eigenvalue weighted by Gasteiger charge is 2.46. The van der Waals surface area contributed by atoms with E-state index in [1.54, 1.807) is 0 Å². The summed E-state index contributed by atoms with van der Waals surface area (Å²) in [4.78, 5) is 25.8. The largest absolute Gasteiger partial charge is 0.490 e. The Hall–Kier alpha value is -2.17. The van der Waals surface area contributed by atoms with Crippen molar-refractivity contribution in [2.24, 2.45) is 0 Å². The van der Waals surface area contributed by atoms with E-state index in [-0.39, 0.29) is 24.2 Å². The number of halogens is 3. The van der Waals surface area contributed by atoms with Gasteiger partial charge < -0.3 is 24.4 Å². The molecule has 0 radical (unpaired) electrons. The van der Waals surface area contributed by atoms with Crippen molar-refractivity contribution in [1.82, 2.24) is 9.80 Å². The number of benzene rings is 1. The molecule has 0 spiro atoms. The highest BCUT2D eigenvalue weighted by atomic mass is 19.4. The van der Waals surface area contributed by atoms with Crippen molar-refractivity contribution in [3.05, 3.63) is 35.9 Å². The first-order valence-corrected chi connectivity index (χ1v) is 9.65. The highest BCUT2D eigenvalue weighted by Crippen LogP contribution is 2.31. The Labute approximate surface area is 173 Å². The molecule has 2 heterocycles. The Bertz CT molecular complexity index is 699. The summed E-state index contributed by atoms with van der Waals surface area (Å²) in [6, 6.07) is 9.64. The van der Waals surface area contributed by atoms with Crippen LogP contribution in [0.5, 0.6) is 0 Å². The Kier molecular flexibility index (Phi) is 8.63. The van der Waals surface area contributed by atoms with Crippen LogP contribution in [0.3, 0.4) is 0 Å². The van der Waals surface area contributed by atoms with Gasteiger partial charge in [-0.25, -0.2) is 4.79 Å². The number of hydrogen-bond acceptors (Lipinski definition) is 5. The van der Waals surface area contributed by atoms with Crippen molar-refractivity contribution in [3.63, 3.8) is 0 Å². The predicted octanol–water partition coefficient (Wildman–Crippen LogP) is 2.27. The molecule has 0 aromatic heterocycles. The normalized spacial score (nSPS) is 23.5. The number of carbonyl (C=O) groups excluding carboxylic acids is 1. The third kappa shape index (κ3) is 6.68. The fraction of sp³-hybridized carbons (Fsp3) is 0.600. The molecular formula is C20H27F3N2O5. The van der Waals surface area contributed by atoms with Crippen LogP contribution in [0.4, 0.5) is 13.2 Å². The van der Waals surface area contributed by atoms with Gasteiger partial charge in [-0.3, -0.25) is 4.79 Å². The van der Waals surface area contributed by atoms with E-state index in [4.69, 9.17) is 19.4 Å². The van der Waals surface area contributed by atoms with Crippen LogP contribution in [-0.2, 0) is 14.3 Å². The van der Waals surface area contributed by atoms with E-state index in [1.165, 1.54) is 0 Å². The average molecular weight is 432 g/mol.